The van der Waals surface area contributed by atoms with Crippen molar-refractivity contribution in [2.75, 3.05) is 6.61 Å². The molecule has 6 heteroatoms. The molecule has 0 unspecified atom stereocenters. The van der Waals surface area contributed by atoms with E-state index < -0.39 is 17.9 Å². The number of carbonyl (C=O) groups is 2. The Labute approximate surface area is 80.4 Å². The van der Waals surface area contributed by atoms with Crippen molar-refractivity contribution in [3.05, 3.63) is 12.2 Å². The van der Waals surface area contributed by atoms with Gasteiger partial charge in [0.25, 0.3) is 5.17 Å². The van der Waals surface area contributed by atoms with Gasteiger partial charge in [-0.25, -0.2) is 4.79 Å². The highest BCUT2D eigenvalue weighted by molar-refractivity contribution is 7.80. The zero-order valence-corrected chi connectivity index (χ0v) is 7.81. The van der Waals surface area contributed by atoms with Gasteiger partial charge in [0.2, 0.25) is 0 Å². The third kappa shape index (κ3) is 5.80. The Morgan fingerprint density at radius 3 is 2.54 bits per heavy atom. The van der Waals surface area contributed by atoms with E-state index in [2.05, 4.69) is 23.5 Å². The van der Waals surface area contributed by atoms with Crippen LogP contribution >= 0.6 is 12.2 Å². The first-order chi connectivity index (χ1) is 5.93. The zero-order valence-electron chi connectivity index (χ0n) is 6.99. The Kier molecular flexibility index (Phi) is 4.68. The van der Waals surface area contributed by atoms with Crippen LogP contribution in [0.5, 0.6) is 0 Å². The van der Waals surface area contributed by atoms with Crippen molar-refractivity contribution in [2.24, 2.45) is 0 Å². The van der Waals surface area contributed by atoms with Crippen LogP contribution in [-0.2, 0) is 9.53 Å². The second-order valence-corrected chi connectivity index (χ2v) is 2.60. The first-order valence-electron chi connectivity index (χ1n) is 3.29. The number of thiocarbonyl (C=S) groups is 1. The summed E-state index contributed by atoms with van der Waals surface area (Å²) in [4.78, 5) is 21.5. The lowest BCUT2D eigenvalue weighted by Crippen LogP contribution is -2.30. The molecule has 0 atom stereocenters. The van der Waals surface area contributed by atoms with Gasteiger partial charge in [0.15, 0.2) is 12.4 Å². The number of Topliss-reactive ketones (excluding diaryl/α,β-unsaturated/α-hetero) is 1. The SMILES string of the molecule is C=C(C)C(=O)COC(=O)NC(O)=S. The molecule has 2 N–H and O–H groups in total. The zero-order chi connectivity index (χ0) is 10.4. The number of aliphatic hydroxyl groups is 1. The molecular weight excluding hydrogens is 194 g/mol. The van der Waals surface area contributed by atoms with Gasteiger partial charge in [0.1, 0.15) is 0 Å². The van der Waals surface area contributed by atoms with Gasteiger partial charge in [-0.15, -0.1) is 0 Å². The van der Waals surface area contributed by atoms with Crippen molar-refractivity contribution >= 4 is 29.3 Å². The van der Waals surface area contributed by atoms with Gasteiger partial charge in [-0.3, -0.25) is 10.1 Å². The number of hydrogen-bond acceptors (Lipinski definition) is 4. The van der Waals surface area contributed by atoms with Crippen LogP contribution in [0.2, 0.25) is 0 Å². The van der Waals surface area contributed by atoms with Gasteiger partial charge >= 0.3 is 6.09 Å². The number of amides is 1. The lowest BCUT2D eigenvalue weighted by atomic mass is 10.2. The molecule has 0 saturated carbocycles. The highest BCUT2D eigenvalue weighted by atomic mass is 32.1. The third-order valence-corrected chi connectivity index (χ3v) is 1.12. The lowest BCUT2D eigenvalue weighted by molar-refractivity contribution is -0.118. The fourth-order valence-corrected chi connectivity index (χ4v) is 0.461. The van der Waals surface area contributed by atoms with E-state index in [1.807, 2.05) is 0 Å². The summed E-state index contributed by atoms with van der Waals surface area (Å²) in [6.45, 7) is 4.44. The van der Waals surface area contributed by atoms with E-state index >= 15 is 0 Å². The van der Waals surface area contributed by atoms with Crippen molar-refractivity contribution in [2.45, 2.75) is 6.92 Å². The molecule has 0 bridgehead atoms. The largest absolute Gasteiger partial charge is 0.486 e. The van der Waals surface area contributed by atoms with Gasteiger partial charge in [-0.2, -0.15) is 0 Å². The molecule has 0 aliphatic rings. The van der Waals surface area contributed by atoms with Crippen molar-refractivity contribution in [1.82, 2.24) is 5.32 Å². The molecule has 1 amide bonds. The predicted molar refractivity (Wildman–Crippen MR) is 49.5 cm³/mol. The predicted octanol–water partition coefficient (Wildman–Crippen LogP) is 0.701. The molecule has 0 aromatic carbocycles. The average Bonchev–Trinajstić information content (AvgIpc) is 1.98. The summed E-state index contributed by atoms with van der Waals surface area (Å²) in [6, 6.07) is 0. The standard InChI is InChI=1S/C7H9NO4S/c1-4(2)5(9)3-12-6(10)8-7(11)13/h1,3H2,2H3,(H2,8,10,11,13). The fraction of sp³-hybridized carbons (Fsp3) is 0.286. The number of carbonyl (C=O) groups excluding carboxylic acids is 2. The van der Waals surface area contributed by atoms with E-state index in [1.165, 1.54) is 6.92 Å². The Bertz CT molecular complexity index is 261. The number of hydrogen-bond donors (Lipinski definition) is 2. The number of nitrogens with one attached hydrogen (secondary N) is 1. The highest BCUT2D eigenvalue weighted by Gasteiger charge is 2.08. The quantitative estimate of drug-likeness (QED) is 0.521. The maximum absolute atomic E-state index is 10.8. The number of alkyl carbamates (subject to hydrolysis) is 1. The number of aliphatic hydroxyl groups excluding tert-OH is 1. The molecular formula is C7H9NO4S. The molecule has 0 aliphatic carbocycles. The van der Waals surface area contributed by atoms with E-state index in [0.717, 1.165) is 0 Å². The van der Waals surface area contributed by atoms with E-state index in [1.54, 1.807) is 5.32 Å². The van der Waals surface area contributed by atoms with Gasteiger partial charge in [0.05, 0.1) is 0 Å². The van der Waals surface area contributed by atoms with Gasteiger partial charge in [0, 0.05) is 0 Å². The van der Waals surface area contributed by atoms with Crippen LogP contribution in [-0.4, -0.2) is 28.8 Å². The van der Waals surface area contributed by atoms with Crippen molar-refractivity contribution in [1.29, 1.82) is 0 Å². The monoisotopic (exact) mass is 203 g/mol. The second kappa shape index (κ2) is 5.26. The minimum atomic E-state index is -0.970. The molecule has 0 spiro atoms. The minimum Gasteiger partial charge on any atom is -0.486 e. The molecule has 0 saturated heterocycles. The number of ether oxygens (including phenoxy) is 1. The molecule has 0 rings (SSSR count). The van der Waals surface area contributed by atoms with Gasteiger partial charge in [-0.1, -0.05) is 6.58 Å². The van der Waals surface area contributed by atoms with Crippen LogP contribution in [0.4, 0.5) is 4.79 Å². The summed E-state index contributed by atoms with van der Waals surface area (Å²) < 4.78 is 4.37. The number of rotatable bonds is 3. The van der Waals surface area contributed by atoms with E-state index in [0.29, 0.717) is 5.57 Å². The summed E-state index contributed by atoms with van der Waals surface area (Å²) in [5.41, 5.74) is 0.291. The van der Waals surface area contributed by atoms with Crippen LogP contribution in [0.1, 0.15) is 6.92 Å². The normalized spacial score (nSPS) is 8.69. The minimum absolute atomic E-state index is 0.291. The number of ketones is 1. The van der Waals surface area contributed by atoms with Crippen molar-refractivity contribution in [3.63, 3.8) is 0 Å². The first kappa shape index (κ1) is 11.6. The molecule has 0 fully saturated rings. The van der Waals surface area contributed by atoms with Gasteiger partial charge in [-0.05, 0) is 24.7 Å². The molecule has 0 aromatic rings. The Hall–Kier alpha value is -1.43. The van der Waals surface area contributed by atoms with Gasteiger partial charge < -0.3 is 9.84 Å². The van der Waals surface area contributed by atoms with Crippen LogP contribution in [0.3, 0.4) is 0 Å². The first-order valence-corrected chi connectivity index (χ1v) is 3.69. The maximum atomic E-state index is 10.8. The van der Waals surface area contributed by atoms with E-state index in [-0.39, 0.29) is 5.78 Å². The third-order valence-electron chi connectivity index (χ3n) is 1.02. The van der Waals surface area contributed by atoms with Crippen LogP contribution in [0.15, 0.2) is 12.2 Å². The molecule has 0 radical (unpaired) electrons. The maximum Gasteiger partial charge on any atom is 0.415 e. The van der Waals surface area contributed by atoms with Crippen LogP contribution in [0, 0.1) is 0 Å². The molecule has 0 aromatic heterocycles. The Morgan fingerprint density at radius 2 is 2.15 bits per heavy atom. The summed E-state index contributed by atoms with van der Waals surface area (Å²) in [5, 5.41) is 9.49. The van der Waals surface area contributed by atoms with E-state index in [9.17, 15) is 9.59 Å². The molecule has 0 aliphatic heterocycles. The van der Waals surface area contributed by atoms with Crippen molar-refractivity contribution in [3.8, 4) is 0 Å². The molecule has 72 valence electrons. The summed E-state index contributed by atoms with van der Waals surface area (Å²) in [6.07, 6.45) is -0.970. The fourth-order valence-electron chi connectivity index (χ4n) is 0.378. The molecule has 13 heavy (non-hydrogen) atoms. The smallest absolute Gasteiger partial charge is 0.415 e. The lowest BCUT2D eigenvalue weighted by Gasteiger charge is -2.03. The molecule has 5 nitrogen and oxygen atoms in total. The molecule has 0 heterocycles. The summed E-state index contributed by atoms with van der Waals surface area (Å²) >= 11 is 4.14. The Balaban J connectivity index is 3.77. The van der Waals surface area contributed by atoms with E-state index in [4.69, 9.17) is 5.11 Å². The van der Waals surface area contributed by atoms with Crippen LogP contribution in [0.25, 0.3) is 0 Å². The summed E-state index contributed by atoms with van der Waals surface area (Å²) in [5.74, 6) is -0.390. The van der Waals surface area contributed by atoms with Crippen LogP contribution < -0.4 is 5.32 Å². The highest BCUT2D eigenvalue weighted by Crippen LogP contribution is 1.90. The Morgan fingerprint density at radius 1 is 1.62 bits per heavy atom. The second-order valence-electron chi connectivity index (χ2n) is 2.21. The van der Waals surface area contributed by atoms with Crippen molar-refractivity contribution < 1.29 is 19.4 Å². The summed E-state index contributed by atoms with van der Waals surface area (Å²) in [7, 11) is 0. The topological polar surface area (TPSA) is 75.6 Å². The average molecular weight is 203 g/mol.